The van der Waals surface area contributed by atoms with Crippen LogP contribution in [0.25, 0.3) is 0 Å². The average molecular weight is 217 g/mol. The van der Waals surface area contributed by atoms with Crippen molar-refractivity contribution in [1.82, 2.24) is 0 Å². The van der Waals surface area contributed by atoms with Crippen molar-refractivity contribution in [2.24, 2.45) is 5.73 Å². The first-order valence-corrected chi connectivity index (χ1v) is 4.73. The van der Waals surface area contributed by atoms with Crippen molar-refractivity contribution in [3.63, 3.8) is 0 Å². The van der Waals surface area contributed by atoms with Crippen LogP contribution in [0, 0.1) is 0 Å². The van der Waals surface area contributed by atoms with Gasteiger partial charge in [-0.25, -0.2) is 4.79 Å². The second-order valence-corrected chi connectivity index (χ2v) is 3.33. The molecular weight excluding hydrogens is 202 g/mol. The summed E-state index contributed by atoms with van der Waals surface area (Å²) in [6.45, 7) is -0.177. The van der Waals surface area contributed by atoms with Crippen LogP contribution in [0.3, 0.4) is 0 Å². The smallest absolute Gasteiger partial charge is 0.338 e. The lowest BCUT2D eigenvalue weighted by atomic mass is 10.1. The Hall–Kier alpha value is -1.11. The summed E-state index contributed by atoms with van der Waals surface area (Å²) in [5.41, 5.74) is 5.41. The van der Waals surface area contributed by atoms with E-state index in [1.165, 1.54) is 0 Å². The zero-order chi connectivity index (χ0) is 11.4. The minimum Gasteiger partial charge on any atom is -0.508 e. The lowest BCUT2D eigenvalue weighted by Gasteiger charge is -2.14. The van der Waals surface area contributed by atoms with Gasteiger partial charge in [0.25, 0.3) is 0 Å². The highest BCUT2D eigenvalue weighted by molar-refractivity contribution is 5.91. The molecule has 0 fully saturated rings. The van der Waals surface area contributed by atoms with Crippen molar-refractivity contribution in [3.05, 3.63) is 11.3 Å². The summed E-state index contributed by atoms with van der Waals surface area (Å²) in [6.07, 6.45) is -1.56. The van der Waals surface area contributed by atoms with E-state index in [1.54, 1.807) is 0 Å². The first kappa shape index (κ1) is 12.0. The van der Waals surface area contributed by atoms with Crippen LogP contribution in [0.2, 0.25) is 0 Å². The summed E-state index contributed by atoms with van der Waals surface area (Å²) in [5, 5.41) is 27.5. The SMILES string of the molecule is NCCCC1=C(O)C([C@@H](O)CO)OC1=O. The lowest BCUT2D eigenvalue weighted by molar-refractivity contribution is -0.146. The molecule has 0 aromatic carbocycles. The molecule has 0 aliphatic carbocycles. The number of hydrogen-bond donors (Lipinski definition) is 4. The van der Waals surface area contributed by atoms with E-state index >= 15 is 0 Å². The molecule has 0 amide bonds. The minimum atomic E-state index is -1.29. The van der Waals surface area contributed by atoms with Crippen LogP contribution in [0.5, 0.6) is 0 Å². The molecule has 5 N–H and O–H groups in total. The highest BCUT2D eigenvalue weighted by atomic mass is 16.6. The highest BCUT2D eigenvalue weighted by Crippen LogP contribution is 2.25. The quantitative estimate of drug-likeness (QED) is 0.431. The number of carbonyl (C=O) groups is 1. The van der Waals surface area contributed by atoms with Gasteiger partial charge in [-0.3, -0.25) is 0 Å². The molecule has 1 rings (SSSR count). The monoisotopic (exact) mass is 217 g/mol. The second kappa shape index (κ2) is 5.11. The van der Waals surface area contributed by atoms with E-state index in [4.69, 9.17) is 15.6 Å². The number of ether oxygens (including phenoxy) is 1. The Balaban J connectivity index is 2.74. The van der Waals surface area contributed by atoms with Crippen molar-refractivity contribution < 1.29 is 24.9 Å². The fraction of sp³-hybridized carbons (Fsp3) is 0.667. The number of cyclic esters (lactones) is 1. The van der Waals surface area contributed by atoms with Crippen molar-refractivity contribution >= 4 is 5.97 Å². The minimum absolute atomic E-state index is 0.137. The molecule has 15 heavy (non-hydrogen) atoms. The molecule has 6 heteroatoms. The summed E-state index contributed by atoms with van der Waals surface area (Å²) >= 11 is 0. The highest BCUT2D eigenvalue weighted by Gasteiger charge is 2.37. The van der Waals surface area contributed by atoms with E-state index in [-0.39, 0.29) is 11.3 Å². The molecule has 1 aliphatic heterocycles. The molecule has 0 bridgehead atoms. The molecular formula is C9H15NO5. The summed E-state index contributed by atoms with van der Waals surface area (Å²) in [4.78, 5) is 11.2. The van der Waals surface area contributed by atoms with E-state index < -0.39 is 24.8 Å². The fourth-order valence-corrected chi connectivity index (χ4v) is 1.38. The topological polar surface area (TPSA) is 113 Å². The Morgan fingerprint density at radius 1 is 1.53 bits per heavy atom. The van der Waals surface area contributed by atoms with Gasteiger partial charge in [0, 0.05) is 0 Å². The summed E-state index contributed by atoms with van der Waals surface area (Å²) in [7, 11) is 0. The Morgan fingerprint density at radius 2 is 2.20 bits per heavy atom. The molecule has 0 aromatic heterocycles. The van der Waals surface area contributed by atoms with Gasteiger partial charge >= 0.3 is 5.97 Å². The van der Waals surface area contributed by atoms with Crippen LogP contribution in [0.4, 0.5) is 0 Å². The molecule has 0 saturated heterocycles. The number of carbonyl (C=O) groups excluding carboxylic acids is 1. The van der Waals surface area contributed by atoms with E-state index in [0.717, 1.165) is 0 Å². The van der Waals surface area contributed by atoms with Crippen LogP contribution in [-0.2, 0) is 9.53 Å². The van der Waals surface area contributed by atoms with Crippen LogP contribution >= 0.6 is 0 Å². The Bertz CT molecular complexity index is 276. The number of hydrogen-bond acceptors (Lipinski definition) is 6. The first-order chi connectivity index (χ1) is 7.11. The third-order valence-corrected chi connectivity index (χ3v) is 2.23. The molecule has 86 valence electrons. The van der Waals surface area contributed by atoms with Crippen molar-refractivity contribution in [2.45, 2.75) is 25.0 Å². The normalized spacial score (nSPS) is 23.1. The number of aliphatic hydroxyl groups is 3. The zero-order valence-corrected chi connectivity index (χ0v) is 8.22. The summed E-state index contributed by atoms with van der Waals surface area (Å²) in [5.74, 6) is -0.951. The first-order valence-electron chi connectivity index (χ1n) is 4.73. The number of esters is 1. The van der Waals surface area contributed by atoms with Crippen molar-refractivity contribution in [2.75, 3.05) is 13.2 Å². The maximum atomic E-state index is 11.2. The number of nitrogens with two attached hydrogens (primary N) is 1. The standard InChI is InChI=1S/C9H15NO5/c10-3-1-2-5-7(13)8(6(12)4-11)15-9(5)14/h6,8,11-13H,1-4,10H2/t6-,8?/m0/s1. The molecule has 0 saturated carbocycles. The largest absolute Gasteiger partial charge is 0.508 e. The van der Waals surface area contributed by atoms with E-state index in [9.17, 15) is 15.0 Å². The van der Waals surface area contributed by atoms with E-state index in [0.29, 0.717) is 19.4 Å². The molecule has 1 heterocycles. The fourth-order valence-electron chi connectivity index (χ4n) is 1.38. The van der Waals surface area contributed by atoms with Gasteiger partial charge in [-0.1, -0.05) is 0 Å². The molecule has 2 atom stereocenters. The Labute approximate surface area is 87.0 Å². The van der Waals surface area contributed by atoms with Gasteiger partial charge in [-0.15, -0.1) is 0 Å². The Morgan fingerprint density at radius 3 is 2.73 bits per heavy atom. The van der Waals surface area contributed by atoms with Crippen LogP contribution in [0.1, 0.15) is 12.8 Å². The Kier molecular flexibility index (Phi) is 4.07. The van der Waals surface area contributed by atoms with Gasteiger partial charge in [-0.05, 0) is 19.4 Å². The molecule has 0 radical (unpaired) electrons. The average Bonchev–Trinajstić information content (AvgIpc) is 2.51. The van der Waals surface area contributed by atoms with Crippen LogP contribution in [-0.4, -0.2) is 46.6 Å². The van der Waals surface area contributed by atoms with Gasteiger partial charge in [0.1, 0.15) is 11.9 Å². The molecule has 1 unspecified atom stereocenters. The molecule has 0 aromatic rings. The molecule has 0 spiro atoms. The summed E-state index contributed by atoms with van der Waals surface area (Å²) in [6, 6.07) is 0. The predicted molar refractivity (Wildman–Crippen MR) is 50.9 cm³/mol. The lowest BCUT2D eigenvalue weighted by Crippen LogP contribution is -2.31. The van der Waals surface area contributed by atoms with Crippen molar-refractivity contribution in [3.8, 4) is 0 Å². The number of aliphatic hydroxyl groups excluding tert-OH is 3. The number of rotatable bonds is 5. The third-order valence-electron chi connectivity index (χ3n) is 2.23. The third kappa shape index (κ3) is 2.47. The molecule has 6 nitrogen and oxygen atoms in total. The molecule has 1 aliphatic rings. The van der Waals surface area contributed by atoms with Crippen LogP contribution < -0.4 is 5.73 Å². The maximum Gasteiger partial charge on any atom is 0.338 e. The summed E-state index contributed by atoms with van der Waals surface area (Å²) < 4.78 is 4.72. The van der Waals surface area contributed by atoms with Crippen molar-refractivity contribution in [1.29, 1.82) is 0 Å². The second-order valence-electron chi connectivity index (χ2n) is 3.33. The van der Waals surface area contributed by atoms with Gasteiger partial charge < -0.3 is 25.8 Å². The van der Waals surface area contributed by atoms with Gasteiger partial charge in [0.2, 0.25) is 0 Å². The van der Waals surface area contributed by atoms with E-state index in [2.05, 4.69) is 0 Å². The van der Waals surface area contributed by atoms with E-state index in [1.807, 2.05) is 0 Å². The van der Waals surface area contributed by atoms with Gasteiger partial charge in [-0.2, -0.15) is 0 Å². The predicted octanol–water partition coefficient (Wildman–Crippen LogP) is -1.18. The van der Waals surface area contributed by atoms with Crippen LogP contribution in [0.15, 0.2) is 11.3 Å². The zero-order valence-electron chi connectivity index (χ0n) is 8.22. The van der Waals surface area contributed by atoms with Gasteiger partial charge in [0.05, 0.1) is 12.2 Å². The van der Waals surface area contributed by atoms with Gasteiger partial charge in [0.15, 0.2) is 6.10 Å². The maximum absolute atomic E-state index is 11.2.